The lowest BCUT2D eigenvalue weighted by atomic mass is 10.00. The Morgan fingerprint density at radius 2 is 1.90 bits per heavy atom. The molecule has 1 amide bonds. The van der Waals surface area contributed by atoms with E-state index >= 15 is 0 Å². The second-order valence-electron chi connectivity index (χ2n) is 5.31. The zero-order chi connectivity index (χ0) is 14.1. The molecule has 3 heteroatoms. The third-order valence-corrected chi connectivity index (χ3v) is 3.77. The van der Waals surface area contributed by atoms with Gasteiger partial charge < -0.3 is 10.6 Å². The van der Waals surface area contributed by atoms with Gasteiger partial charge in [0.15, 0.2) is 0 Å². The highest BCUT2D eigenvalue weighted by Gasteiger charge is 2.23. The highest BCUT2D eigenvalue weighted by atomic mass is 16.2. The largest absolute Gasteiger partial charge is 0.399 e. The first-order valence-corrected chi connectivity index (χ1v) is 6.92. The molecular formula is C17H18N2O. The van der Waals surface area contributed by atoms with Gasteiger partial charge >= 0.3 is 0 Å². The number of hydrogen-bond acceptors (Lipinski definition) is 2. The van der Waals surface area contributed by atoms with E-state index in [1.165, 1.54) is 5.56 Å². The molecule has 3 nitrogen and oxygen atoms in total. The Kier molecular flexibility index (Phi) is 3.18. The molecule has 0 unspecified atom stereocenters. The quantitative estimate of drug-likeness (QED) is 0.806. The van der Waals surface area contributed by atoms with Crippen LogP contribution in [0.4, 0.5) is 11.4 Å². The molecule has 0 aliphatic carbocycles. The van der Waals surface area contributed by atoms with Crippen LogP contribution >= 0.6 is 0 Å². The van der Waals surface area contributed by atoms with Crippen LogP contribution in [0.5, 0.6) is 0 Å². The normalized spacial score (nSPS) is 13.9. The van der Waals surface area contributed by atoms with Crippen LogP contribution in [0.2, 0.25) is 0 Å². The van der Waals surface area contributed by atoms with Gasteiger partial charge in [-0.15, -0.1) is 0 Å². The van der Waals surface area contributed by atoms with E-state index in [0.29, 0.717) is 5.69 Å². The van der Waals surface area contributed by atoms with Gasteiger partial charge in [0, 0.05) is 23.5 Å². The summed E-state index contributed by atoms with van der Waals surface area (Å²) in [4.78, 5) is 14.5. The number of aryl methyl sites for hydroxylation is 2. The van der Waals surface area contributed by atoms with Crippen molar-refractivity contribution in [1.29, 1.82) is 0 Å². The molecule has 0 saturated heterocycles. The lowest BCUT2D eigenvalue weighted by Gasteiger charge is -2.30. The molecule has 0 saturated carbocycles. The van der Waals surface area contributed by atoms with Crippen molar-refractivity contribution in [3.05, 3.63) is 59.2 Å². The van der Waals surface area contributed by atoms with Gasteiger partial charge in [-0.1, -0.05) is 23.8 Å². The number of carbonyl (C=O) groups is 1. The SMILES string of the molecule is Cc1ccc(C(=O)N2CCCc3ccc(N)cc32)cc1. The number of nitrogens with zero attached hydrogens (tertiary/aromatic N) is 1. The summed E-state index contributed by atoms with van der Waals surface area (Å²) in [6.07, 6.45) is 2.00. The van der Waals surface area contributed by atoms with Gasteiger partial charge in [0.2, 0.25) is 0 Å². The van der Waals surface area contributed by atoms with Crippen LogP contribution in [0.25, 0.3) is 0 Å². The molecule has 1 heterocycles. The molecule has 2 aromatic carbocycles. The molecule has 0 aromatic heterocycles. The Hall–Kier alpha value is -2.29. The Morgan fingerprint density at radius 3 is 2.65 bits per heavy atom. The summed E-state index contributed by atoms with van der Waals surface area (Å²) in [7, 11) is 0. The fourth-order valence-electron chi connectivity index (χ4n) is 2.65. The summed E-state index contributed by atoms with van der Waals surface area (Å²) in [5.74, 6) is 0.0524. The Bertz CT molecular complexity index is 647. The van der Waals surface area contributed by atoms with Crippen LogP contribution in [0.15, 0.2) is 42.5 Å². The van der Waals surface area contributed by atoms with Crippen LogP contribution in [0, 0.1) is 6.92 Å². The Morgan fingerprint density at radius 1 is 1.15 bits per heavy atom. The molecule has 20 heavy (non-hydrogen) atoms. The van der Waals surface area contributed by atoms with E-state index in [1.807, 2.05) is 54.3 Å². The van der Waals surface area contributed by atoms with Crippen LogP contribution in [0.3, 0.4) is 0 Å². The molecule has 3 rings (SSSR count). The topological polar surface area (TPSA) is 46.3 Å². The van der Waals surface area contributed by atoms with Crippen LogP contribution in [-0.4, -0.2) is 12.5 Å². The Balaban J connectivity index is 1.97. The van der Waals surface area contributed by atoms with Gasteiger partial charge in [-0.2, -0.15) is 0 Å². The molecule has 1 aliphatic heterocycles. The molecular weight excluding hydrogens is 248 g/mol. The summed E-state index contributed by atoms with van der Waals surface area (Å²) in [5.41, 5.74) is 10.6. The average molecular weight is 266 g/mol. The van der Waals surface area contributed by atoms with Crippen molar-refractivity contribution in [2.45, 2.75) is 19.8 Å². The lowest BCUT2D eigenvalue weighted by molar-refractivity contribution is 0.0985. The smallest absolute Gasteiger partial charge is 0.258 e. The maximum Gasteiger partial charge on any atom is 0.258 e. The van der Waals surface area contributed by atoms with Crippen molar-refractivity contribution in [3.63, 3.8) is 0 Å². The van der Waals surface area contributed by atoms with Crippen molar-refractivity contribution in [3.8, 4) is 0 Å². The van der Waals surface area contributed by atoms with Gasteiger partial charge in [-0.05, 0) is 49.6 Å². The van der Waals surface area contributed by atoms with Crippen LogP contribution < -0.4 is 10.6 Å². The highest BCUT2D eigenvalue weighted by Crippen LogP contribution is 2.30. The third-order valence-electron chi connectivity index (χ3n) is 3.77. The Labute approximate surface area is 119 Å². The monoisotopic (exact) mass is 266 g/mol. The molecule has 102 valence electrons. The van der Waals surface area contributed by atoms with E-state index < -0.39 is 0 Å². The minimum absolute atomic E-state index is 0.0524. The number of amides is 1. The molecule has 2 N–H and O–H groups in total. The van der Waals surface area contributed by atoms with Gasteiger partial charge in [-0.25, -0.2) is 0 Å². The van der Waals surface area contributed by atoms with E-state index in [4.69, 9.17) is 5.73 Å². The second-order valence-corrected chi connectivity index (χ2v) is 5.31. The first kappa shape index (κ1) is 12.7. The standard InChI is InChI=1S/C17H18N2O/c1-12-4-6-14(7-5-12)17(20)19-10-2-3-13-8-9-15(18)11-16(13)19/h4-9,11H,2-3,10,18H2,1H3. The molecule has 0 spiro atoms. The molecule has 1 aliphatic rings. The number of rotatable bonds is 1. The maximum atomic E-state index is 12.7. The van der Waals surface area contributed by atoms with Crippen molar-refractivity contribution >= 4 is 17.3 Å². The minimum Gasteiger partial charge on any atom is -0.399 e. The van der Waals surface area contributed by atoms with Crippen LogP contribution in [-0.2, 0) is 6.42 Å². The van der Waals surface area contributed by atoms with E-state index in [-0.39, 0.29) is 5.91 Å². The zero-order valence-corrected chi connectivity index (χ0v) is 11.6. The van der Waals surface area contributed by atoms with E-state index in [1.54, 1.807) is 0 Å². The van der Waals surface area contributed by atoms with Crippen molar-refractivity contribution in [2.75, 3.05) is 17.2 Å². The van der Waals surface area contributed by atoms with E-state index in [9.17, 15) is 4.79 Å². The molecule has 0 bridgehead atoms. The van der Waals surface area contributed by atoms with Gasteiger partial charge in [0.1, 0.15) is 0 Å². The highest BCUT2D eigenvalue weighted by molar-refractivity contribution is 6.07. The summed E-state index contributed by atoms with van der Waals surface area (Å²) in [6.45, 7) is 2.77. The number of fused-ring (bicyclic) bond motifs is 1. The second kappa shape index (κ2) is 5.00. The lowest BCUT2D eigenvalue weighted by Crippen LogP contribution is -2.35. The van der Waals surface area contributed by atoms with Gasteiger partial charge in [-0.3, -0.25) is 4.79 Å². The molecule has 0 radical (unpaired) electrons. The van der Waals surface area contributed by atoms with Crippen molar-refractivity contribution in [2.24, 2.45) is 0 Å². The fourth-order valence-corrected chi connectivity index (χ4v) is 2.65. The summed E-state index contributed by atoms with van der Waals surface area (Å²) in [5, 5.41) is 0. The molecule has 0 fully saturated rings. The minimum atomic E-state index is 0.0524. The zero-order valence-electron chi connectivity index (χ0n) is 11.6. The maximum absolute atomic E-state index is 12.7. The first-order chi connectivity index (χ1) is 9.65. The van der Waals surface area contributed by atoms with Crippen molar-refractivity contribution in [1.82, 2.24) is 0 Å². The van der Waals surface area contributed by atoms with Gasteiger partial charge in [0.25, 0.3) is 5.91 Å². The van der Waals surface area contributed by atoms with Gasteiger partial charge in [0.05, 0.1) is 0 Å². The number of benzene rings is 2. The third kappa shape index (κ3) is 2.27. The number of nitrogen functional groups attached to an aromatic ring is 1. The summed E-state index contributed by atoms with van der Waals surface area (Å²) < 4.78 is 0. The average Bonchev–Trinajstić information content (AvgIpc) is 2.46. The summed E-state index contributed by atoms with van der Waals surface area (Å²) >= 11 is 0. The predicted octanol–water partition coefficient (Wildman–Crippen LogP) is 3.17. The fraction of sp³-hybridized carbons (Fsp3) is 0.235. The molecule has 2 aromatic rings. The van der Waals surface area contributed by atoms with Crippen molar-refractivity contribution < 1.29 is 4.79 Å². The van der Waals surface area contributed by atoms with Crippen LogP contribution in [0.1, 0.15) is 27.9 Å². The summed E-state index contributed by atoms with van der Waals surface area (Å²) in [6, 6.07) is 13.5. The van der Waals surface area contributed by atoms with E-state index in [0.717, 1.165) is 36.2 Å². The molecule has 0 atom stereocenters. The number of anilines is 2. The number of nitrogens with two attached hydrogens (primary N) is 1. The number of carbonyl (C=O) groups excluding carboxylic acids is 1. The first-order valence-electron chi connectivity index (χ1n) is 6.92. The van der Waals surface area contributed by atoms with E-state index in [2.05, 4.69) is 0 Å². The number of hydrogen-bond donors (Lipinski definition) is 1. The predicted molar refractivity (Wildman–Crippen MR) is 82.0 cm³/mol.